The number of hydrogen-bond acceptors (Lipinski definition) is 4. The Morgan fingerprint density at radius 2 is 2.19 bits per heavy atom. The average molecular weight is 353 g/mol. The highest BCUT2D eigenvalue weighted by molar-refractivity contribution is 7.99. The molecule has 0 amide bonds. The third kappa shape index (κ3) is 4.03. The Morgan fingerprint density at radius 3 is 2.86 bits per heavy atom. The maximum atomic E-state index is 13.9. The molecule has 118 valence electrons. The first kappa shape index (κ1) is 16.9. The Labute approximate surface area is 133 Å². The smallest absolute Gasteiger partial charge is 0.243 e. The second-order valence-corrected chi connectivity index (χ2v) is 8.71. The highest BCUT2D eigenvalue weighted by atomic mass is 35.5. The largest absolute Gasteiger partial charge is 0.396 e. The molecule has 3 N–H and O–H groups in total. The van der Waals surface area contributed by atoms with Gasteiger partial charge in [0, 0.05) is 16.3 Å². The molecule has 1 saturated carbocycles. The first-order chi connectivity index (χ1) is 9.83. The van der Waals surface area contributed by atoms with E-state index in [1.54, 1.807) is 0 Å². The van der Waals surface area contributed by atoms with Crippen molar-refractivity contribution in [1.82, 2.24) is 4.72 Å². The lowest BCUT2D eigenvalue weighted by Crippen LogP contribution is -2.33. The van der Waals surface area contributed by atoms with E-state index in [0.29, 0.717) is 5.25 Å². The molecule has 1 fully saturated rings. The molecule has 2 atom stereocenters. The molecule has 21 heavy (non-hydrogen) atoms. The molecule has 1 aromatic carbocycles. The van der Waals surface area contributed by atoms with Crippen LogP contribution in [-0.4, -0.2) is 25.5 Å². The lowest BCUT2D eigenvalue weighted by atomic mass is 10.3. The summed E-state index contributed by atoms with van der Waals surface area (Å²) in [6.45, 7) is 2.08. The van der Waals surface area contributed by atoms with Crippen LogP contribution in [0.15, 0.2) is 17.0 Å². The number of nitrogen functional groups attached to an aromatic ring is 1. The van der Waals surface area contributed by atoms with Crippen LogP contribution in [0.3, 0.4) is 0 Å². The Morgan fingerprint density at radius 1 is 1.48 bits per heavy atom. The van der Waals surface area contributed by atoms with Gasteiger partial charge in [0.05, 0.1) is 5.69 Å². The first-order valence-corrected chi connectivity index (χ1v) is 9.63. The van der Waals surface area contributed by atoms with Gasteiger partial charge >= 0.3 is 0 Å². The number of thioether (sulfide) groups is 1. The minimum Gasteiger partial charge on any atom is -0.396 e. The quantitative estimate of drug-likeness (QED) is 0.799. The van der Waals surface area contributed by atoms with E-state index in [0.717, 1.165) is 31.1 Å². The van der Waals surface area contributed by atoms with E-state index in [9.17, 15) is 12.8 Å². The van der Waals surface area contributed by atoms with Gasteiger partial charge in [-0.1, -0.05) is 18.5 Å². The molecule has 1 aliphatic carbocycles. The van der Waals surface area contributed by atoms with Crippen LogP contribution < -0.4 is 10.5 Å². The molecule has 0 saturated heterocycles. The van der Waals surface area contributed by atoms with E-state index in [4.69, 9.17) is 17.3 Å². The number of halogens is 2. The lowest BCUT2D eigenvalue weighted by molar-refractivity contribution is 0.538. The molecule has 0 spiro atoms. The van der Waals surface area contributed by atoms with Crippen LogP contribution in [0.4, 0.5) is 10.1 Å². The number of sulfonamides is 1. The summed E-state index contributed by atoms with van der Waals surface area (Å²) in [4.78, 5) is -0.487. The highest BCUT2D eigenvalue weighted by Crippen LogP contribution is 2.31. The van der Waals surface area contributed by atoms with E-state index >= 15 is 0 Å². The van der Waals surface area contributed by atoms with Crippen molar-refractivity contribution in [2.24, 2.45) is 0 Å². The molecule has 2 unspecified atom stereocenters. The number of hydrogen-bond donors (Lipinski definition) is 2. The highest BCUT2D eigenvalue weighted by Gasteiger charge is 2.30. The third-order valence-electron chi connectivity index (χ3n) is 3.43. The Kier molecular flexibility index (Phi) is 5.40. The van der Waals surface area contributed by atoms with Gasteiger partial charge < -0.3 is 5.73 Å². The van der Waals surface area contributed by atoms with Crippen molar-refractivity contribution < 1.29 is 12.8 Å². The summed E-state index contributed by atoms with van der Waals surface area (Å²) in [5.74, 6) is 0.0493. The average Bonchev–Trinajstić information content (AvgIpc) is 2.80. The predicted molar refractivity (Wildman–Crippen MR) is 85.7 cm³/mol. The van der Waals surface area contributed by atoms with Crippen LogP contribution in [0.5, 0.6) is 0 Å². The van der Waals surface area contributed by atoms with E-state index in [1.165, 1.54) is 6.07 Å². The summed E-state index contributed by atoms with van der Waals surface area (Å²) < 4.78 is 41.1. The number of rotatable bonds is 5. The summed E-state index contributed by atoms with van der Waals surface area (Å²) in [5, 5.41) is 0.553. The second kappa shape index (κ2) is 6.73. The van der Waals surface area contributed by atoms with Gasteiger partial charge in [-0.15, -0.1) is 0 Å². The lowest BCUT2D eigenvalue weighted by Gasteiger charge is -2.15. The summed E-state index contributed by atoms with van der Waals surface area (Å²) in [7, 11) is -3.96. The standard InChI is InChI=1S/C13H18ClFN2O2S2/c1-2-20-10-4-3-9(7-10)17-21(18,19)12-6-8(14)5-11(16)13(12)15/h5-6,9-10,17H,2-4,7,16H2,1H3. The monoisotopic (exact) mass is 352 g/mol. The zero-order valence-corrected chi connectivity index (χ0v) is 14.0. The zero-order chi connectivity index (χ0) is 15.6. The van der Waals surface area contributed by atoms with Crippen molar-refractivity contribution in [2.45, 2.75) is 42.4 Å². The molecule has 0 aromatic heterocycles. The van der Waals surface area contributed by atoms with Gasteiger partial charge in [0.2, 0.25) is 10.0 Å². The van der Waals surface area contributed by atoms with Crippen molar-refractivity contribution in [3.63, 3.8) is 0 Å². The molecule has 0 radical (unpaired) electrons. The maximum Gasteiger partial charge on any atom is 0.243 e. The Bertz CT molecular complexity index is 625. The summed E-state index contributed by atoms with van der Waals surface area (Å²) >= 11 is 7.59. The molecule has 8 heteroatoms. The number of anilines is 1. The molecule has 4 nitrogen and oxygen atoms in total. The van der Waals surface area contributed by atoms with Crippen molar-refractivity contribution in [2.75, 3.05) is 11.5 Å². The molecular weight excluding hydrogens is 335 g/mol. The first-order valence-electron chi connectivity index (χ1n) is 6.72. The summed E-state index contributed by atoms with van der Waals surface area (Å²) in [5.41, 5.74) is 5.16. The van der Waals surface area contributed by atoms with Crippen molar-refractivity contribution >= 4 is 39.1 Å². The number of nitrogens with two attached hydrogens (primary N) is 1. The second-order valence-electron chi connectivity index (χ2n) is 5.02. The van der Waals surface area contributed by atoms with Crippen LogP contribution in [0.1, 0.15) is 26.2 Å². The molecule has 1 aliphatic rings. The fourth-order valence-corrected chi connectivity index (χ4v) is 5.35. The van der Waals surface area contributed by atoms with Crippen molar-refractivity contribution in [3.05, 3.63) is 23.0 Å². The van der Waals surface area contributed by atoms with E-state index in [2.05, 4.69) is 11.6 Å². The predicted octanol–water partition coefficient (Wildman–Crippen LogP) is 3.01. The number of nitrogens with one attached hydrogen (secondary N) is 1. The Hall–Kier alpha value is -0.500. The third-order valence-corrected chi connectivity index (χ3v) is 6.40. The van der Waals surface area contributed by atoms with E-state index < -0.39 is 20.7 Å². The van der Waals surface area contributed by atoms with Crippen LogP contribution >= 0.6 is 23.4 Å². The molecule has 2 rings (SSSR count). The van der Waals surface area contributed by atoms with E-state index in [1.807, 2.05) is 11.8 Å². The van der Waals surface area contributed by atoms with Gasteiger partial charge in [-0.2, -0.15) is 11.8 Å². The van der Waals surface area contributed by atoms with Gasteiger partial charge in [0.1, 0.15) is 4.90 Å². The van der Waals surface area contributed by atoms with Crippen molar-refractivity contribution in [3.8, 4) is 0 Å². The van der Waals surface area contributed by atoms with Crippen LogP contribution in [0, 0.1) is 5.82 Å². The zero-order valence-electron chi connectivity index (χ0n) is 11.6. The van der Waals surface area contributed by atoms with Gasteiger partial charge in [-0.3, -0.25) is 0 Å². The van der Waals surface area contributed by atoms with Gasteiger partial charge in [-0.25, -0.2) is 17.5 Å². The minimum atomic E-state index is -3.96. The van der Waals surface area contributed by atoms with Gasteiger partial charge in [0.25, 0.3) is 0 Å². The van der Waals surface area contributed by atoms with E-state index in [-0.39, 0.29) is 16.8 Å². The summed E-state index contributed by atoms with van der Waals surface area (Å²) in [6.07, 6.45) is 2.48. The number of benzene rings is 1. The van der Waals surface area contributed by atoms with Crippen molar-refractivity contribution in [1.29, 1.82) is 0 Å². The van der Waals surface area contributed by atoms with Crippen LogP contribution in [0.2, 0.25) is 5.02 Å². The minimum absolute atomic E-state index is 0.0973. The molecule has 0 heterocycles. The molecule has 0 bridgehead atoms. The maximum absolute atomic E-state index is 13.9. The van der Waals surface area contributed by atoms with Crippen LogP contribution in [-0.2, 0) is 10.0 Å². The topological polar surface area (TPSA) is 72.2 Å². The van der Waals surface area contributed by atoms with Crippen LogP contribution in [0.25, 0.3) is 0 Å². The Balaban J connectivity index is 2.16. The van der Waals surface area contributed by atoms with Gasteiger partial charge in [0.15, 0.2) is 5.82 Å². The SMILES string of the molecule is CCSC1CCC(NS(=O)(=O)c2cc(Cl)cc(N)c2F)C1. The fourth-order valence-electron chi connectivity index (χ4n) is 2.50. The fraction of sp³-hybridized carbons (Fsp3) is 0.538. The molecular formula is C13H18ClFN2O2S2. The molecule has 1 aromatic rings. The summed E-state index contributed by atoms with van der Waals surface area (Å²) in [6, 6.07) is 2.11. The van der Waals surface area contributed by atoms with Gasteiger partial charge in [-0.05, 0) is 37.1 Å². The normalized spacial score (nSPS) is 22.6. The molecule has 0 aliphatic heterocycles.